The quantitative estimate of drug-likeness (QED) is 0.340. The van der Waals surface area contributed by atoms with Gasteiger partial charge in [0.1, 0.15) is 23.9 Å². The molecular formula is C32H36N2O3. The summed E-state index contributed by atoms with van der Waals surface area (Å²) in [7, 11) is 0. The number of aryl methyl sites for hydroxylation is 1. The SMILES string of the molecule is Cc1ccc(C=NC2(CN=Cc3ccc(OCc4ccccc4)cc3O)CC[C@@H]3CC2C3(C)C)c(O)c1. The summed E-state index contributed by atoms with van der Waals surface area (Å²) >= 11 is 0. The van der Waals surface area contributed by atoms with Gasteiger partial charge in [0.05, 0.1) is 12.1 Å². The molecular weight excluding hydrogens is 460 g/mol. The molecule has 0 radical (unpaired) electrons. The highest BCUT2D eigenvalue weighted by Crippen LogP contribution is 2.64. The summed E-state index contributed by atoms with van der Waals surface area (Å²) in [6.45, 7) is 7.66. The number of hydrogen-bond donors (Lipinski definition) is 2. The summed E-state index contributed by atoms with van der Waals surface area (Å²) in [6.07, 6.45) is 6.85. The zero-order valence-corrected chi connectivity index (χ0v) is 21.9. The van der Waals surface area contributed by atoms with Gasteiger partial charge in [0.2, 0.25) is 0 Å². The van der Waals surface area contributed by atoms with Crippen molar-refractivity contribution in [1.82, 2.24) is 0 Å². The summed E-state index contributed by atoms with van der Waals surface area (Å²) in [5.41, 5.74) is 3.39. The van der Waals surface area contributed by atoms with Crippen molar-refractivity contribution in [2.24, 2.45) is 27.2 Å². The molecule has 3 saturated carbocycles. The molecule has 3 aromatic rings. The largest absolute Gasteiger partial charge is 0.507 e. The van der Waals surface area contributed by atoms with Crippen LogP contribution in [0.2, 0.25) is 0 Å². The maximum atomic E-state index is 10.6. The highest BCUT2D eigenvalue weighted by molar-refractivity contribution is 5.85. The van der Waals surface area contributed by atoms with Crippen molar-refractivity contribution in [2.75, 3.05) is 6.54 Å². The Labute approximate surface area is 219 Å². The lowest BCUT2D eigenvalue weighted by atomic mass is 9.43. The summed E-state index contributed by atoms with van der Waals surface area (Å²) < 4.78 is 5.83. The van der Waals surface area contributed by atoms with Crippen LogP contribution in [0.4, 0.5) is 0 Å². The fourth-order valence-corrected chi connectivity index (χ4v) is 6.13. The van der Waals surface area contributed by atoms with Crippen LogP contribution in [0.25, 0.3) is 0 Å². The summed E-state index contributed by atoms with van der Waals surface area (Å²) in [5.74, 6) is 2.19. The highest BCUT2D eigenvalue weighted by Gasteiger charge is 2.61. The van der Waals surface area contributed by atoms with Crippen molar-refractivity contribution in [3.63, 3.8) is 0 Å². The molecule has 0 heterocycles. The molecule has 0 aliphatic heterocycles. The Hall–Kier alpha value is -3.60. The number of aromatic hydroxyl groups is 2. The van der Waals surface area contributed by atoms with E-state index >= 15 is 0 Å². The van der Waals surface area contributed by atoms with Crippen LogP contribution in [0, 0.1) is 24.2 Å². The van der Waals surface area contributed by atoms with Crippen molar-refractivity contribution in [3.8, 4) is 17.2 Å². The van der Waals surface area contributed by atoms with Gasteiger partial charge in [-0.2, -0.15) is 0 Å². The van der Waals surface area contributed by atoms with E-state index in [4.69, 9.17) is 14.7 Å². The first kappa shape index (κ1) is 25.1. The lowest BCUT2D eigenvalue weighted by Crippen LogP contribution is -2.61. The van der Waals surface area contributed by atoms with E-state index in [1.165, 1.54) is 6.42 Å². The smallest absolute Gasteiger partial charge is 0.128 e. The monoisotopic (exact) mass is 496 g/mol. The van der Waals surface area contributed by atoms with E-state index in [9.17, 15) is 10.2 Å². The van der Waals surface area contributed by atoms with Crippen LogP contribution in [-0.2, 0) is 6.61 Å². The van der Waals surface area contributed by atoms with Crippen molar-refractivity contribution < 1.29 is 14.9 Å². The second kappa shape index (κ2) is 10.0. The molecule has 3 aliphatic rings. The molecule has 2 N–H and O–H groups in total. The summed E-state index contributed by atoms with van der Waals surface area (Å²) in [5, 5.41) is 21.0. The van der Waals surface area contributed by atoms with Gasteiger partial charge in [-0.15, -0.1) is 0 Å². The molecule has 37 heavy (non-hydrogen) atoms. The molecule has 2 bridgehead atoms. The van der Waals surface area contributed by atoms with Crippen LogP contribution in [0.5, 0.6) is 17.2 Å². The first-order valence-electron chi connectivity index (χ1n) is 13.1. The van der Waals surface area contributed by atoms with Gasteiger partial charge in [0.15, 0.2) is 0 Å². The van der Waals surface area contributed by atoms with Gasteiger partial charge in [-0.25, -0.2) is 0 Å². The first-order chi connectivity index (χ1) is 17.8. The zero-order chi connectivity index (χ0) is 26.0. The highest BCUT2D eigenvalue weighted by atomic mass is 16.5. The number of fused-ring (bicyclic) bond motifs is 2. The minimum atomic E-state index is -0.319. The van der Waals surface area contributed by atoms with Crippen molar-refractivity contribution >= 4 is 12.4 Å². The number of benzene rings is 3. The molecule has 3 fully saturated rings. The van der Waals surface area contributed by atoms with Crippen LogP contribution < -0.4 is 4.74 Å². The van der Waals surface area contributed by atoms with Gasteiger partial charge in [-0.1, -0.05) is 50.2 Å². The second-order valence-electron chi connectivity index (χ2n) is 11.2. The number of aliphatic imine (C=N–C) groups is 2. The third-order valence-electron chi connectivity index (χ3n) is 8.54. The lowest BCUT2D eigenvalue weighted by Gasteiger charge is -2.63. The van der Waals surface area contributed by atoms with Crippen molar-refractivity contribution in [3.05, 3.63) is 89.0 Å². The molecule has 0 aromatic heterocycles. The van der Waals surface area contributed by atoms with Crippen LogP contribution in [0.1, 0.15) is 55.4 Å². The van der Waals surface area contributed by atoms with E-state index in [1.807, 2.05) is 67.7 Å². The van der Waals surface area contributed by atoms with Gasteiger partial charge in [0.25, 0.3) is 0 Å². The van der Waals surface area contributed by atoms with E-state index in [1.54, 1.807) is 18.3 Å². The Balaban J connectivity index is 1.32. The minimum Gasteiger partial charge on any atom is -0.507 e. The van der Waals surface area contributed by atoms with E-state index in [0.717, 1.165) is 35.4 Å². The Morgan fingerprint density at radius 3 is 2.38 bits per heavy atom. The first-order valence-corrected chi connectivity index (χ1v) is 13.1. The van der Waals surface area contributed by atoms with Crippen LogP contribution in [0.3, 0.4) is 0 Å². The molecule has 3 atom stereocenters. The summed E-state index contributed by atoms with van der Waals surface area (Å²) in [6, 6.07) is 21.0. The minimum absolute atomic E-state index is 0.143. The van der Waals surface area contributed by atoms with Crippen molar-refractivity contribution in [2.45, 2.75) is 52.2 Å². The third-order valence-corrected chi connectivity index (χ3v) is 8.54. The average Bonchev–Trinajstić information content (AvgIpc) is 2.88. The molecule has 3 aliphatic carbocycles. The normalized spacial score (nSPS) is 24.3. The lowest BCUT2D eigenvalue weighted by molar-refractivity contribution is -0.112. The molecule has 0 amide bonds. The Morgan fingerprint density at radius 1 is 0.946 bits per heavy atom. The van der Waals surface area contributed by atoms with E-state index in [2.05, 4.69) is 13.8 Å². The Kier molecular flexibility index (Phi) is 6.80. The van der Waals surface area contributed by atoms with Gasteiger partial charge in [-0.05, 0) is 78.8 Å². The van der Waals surface area contributed by atoms with Crippen LogP contribution in [0.15, 0.2) is 76.7 Å². The van der Waals surface area contributed by atoms with E-state index in [-0.39, 0.29) is 22.5 Å². The standard InChI is InChI=1S/C32H36N2O3/c1-22-9-10-25(28(35)15-22)19-34-32(14-13-26-16-30(32)31(26,2)3)21-33-18-24-11-12-27(17-29(24)36)37-20-23-7-5-4-6-8-23/h4-12,15,17-19,26,30,35-36H,13-14,16,20-21H2,1-3H3/t26-,30?,32?/m1/s1. The predicted molar refractivity (Wildman–Crippen MR) is 149 cm³/mol. The summed E-state index contributed by atoms with van der Waals surface area (Å²) in [4.78, 5) is 9.94. The van der Waals surface area contributed by atoms with Gasteiger partial charge >= 0.3 is 0 Å². The van der Waals surface area contributed by atoms with E-state index < -0.39 is 0 Å². The van der Waals surface area contributed by atoms with Gasteiger partial charge in [-0.3, -0.25) is 9.98 Å². The number of hydrogen-bond acceptors (Lipinski definition) is 5. The number of phenols is 2. The fraction of sp³-hybridized carbons (Fsp3) is 0.375. The van der Waals surface area contributed by atoms with E-state index in [0.29, 0.717) is 30.4 Å². The topological polar surface area (TPSA) is 74.4 Å². The molecule has 2 unspecified atom stereocenters. The molecule has 0 spiro atoms. The zero-order valence-electron chi connectivity index (χ0n) is 21.9. The Bertz CT molecular complexity index is 1310. The number of rotatable bonds is 8. The molecule has 6 rings (SSSR count). The molecule has 5 heteroatoms. The third kappa shape index (κ3) is 5.13. The van der Waals surface area contributed by atoms with Crippen molar-refractivity contribution in [1.29, 1.82) is 0 Å². The van der Waals surface area contributed by atoms with Crippen LogP contribution in [-0.4, -0.2) is 34.7 Å². The Morgan fingerprint density at radius 2 is 1.68 bits per heavy atom. The van der Waals surface area contributed by atoms with Gasteiger partial charge < -0.3 is 14.9 Å². The fourth-order valence-electron chi connectivity index (χ4n) is 6.13. The van der Waals surface area contributed by atoms with Crippen LogP contribution >= 0.6 is 0 Å². The molecule has 0 saturated heterocycles. The maximum Gasteiger partial charge on any atom is 0.128 e. The second-order valence-corrected chi connectivity index (χ2v) is 11.2. The molecule has 3 aromatic carbocycles. The van der Waals surface area contributed by atoms with Gasteiger partial charge in [0, 0.05) is 29.6 Å². The number of phenolic OH excluding ortho intramolecular Hbond substituents is 2. The number of ether oxygens (including phenoxy) is 1. The number of nitrogens with zero attached hydrogens (tertiary/aromatic N) is 2. The molecule has 192 valence electrons. The predicted octanol–water partition coefficient (Wildman–Crippen LogP) is 6.72. The molecule has 5 nitrogen and oxygen atoms in total. The maximum absolute atomic E-state index is 10.6. The average molecular weight is 497 g/mol.